The summed E-state index contributed by atoms with van der Waals surface area (Å²) in [7, 11) is 1.70. The van der Waals surface area contributed by atoms with Crippen LogP contribution in [0.25, 0.3) is 11.3 Å². The largest absolute Gasteiger partial charge is 0.460 e. The minimum absolute atomic E-state index is 0. The van der Waals surface area contributed by atoms with Gasteiger partial charge in [0.15, 0.2) is 0 Å². The molecule has 2 rings (SSSR count). The zero-order chi connectivity index (χ0) is 11.9. The van der Waals surface area contributed by atoms with Crippen LogP contribution in [0, 0.1) is 0 Å². The van der Waals surface area contributed by atoms with Gasteiger partial charge in [0.25, 0.3) is 0 Å². The fraction of sp³-hybridized carbons (Fsp3) is 0.286. The van der Waals surface area contributed by atoms with Crippen LogP contribution in [0.4, 0.5) is 0 Å². The molecule has 1 aromatic carbocycles. The van der Waals surface area contributed by atoms with Crippen LogP contribution in [-0.2, 0) is 11.3 Å². The predicted molar refractivity (Wildman–Crippen MR) is 75.0 cm³/mol. The maximum atomic E-state index is 5.75. The van der Waals surface area contributed by atoms with Crippen LogP contribution in [0.2, 0.25) is 0 Å². The van der Waals surface area contributed by atoms with Crippen LogP contribution in [0.5, 0.6) is 0 Å². The Morgan fingerprint density at radius 3 is 2.61 bits per heavy atom. The molecular formula is C14H18ClNO2. The highest BCUT2D eigenvalue weighted by Crippen LogP contribution is 2.21. The van der Waals surface area contributed by atoms with Gasteiger partial charge >= 0.3 is 0 Å². The zero-order valence-corrected chi connectivity index (χ0v) is 11.2. The third kappa shape index (κ3) is 4.18. The van der Waals surface area contributed by atoms with Crippen LogP contribution in [0.1, 0.15) is 5.76 Å². The molecule has 0 amide bonds. The summed E-state index contributed by atoms with van der Waals surface area (Å²) in [5, 5.41) is 3.25. The Kier molecular flexibility index (Phi) is 6.50. The highest BCUT2D eigenvalue weighted by atomic mass is 35.5. The van der Waals surface area contributed by atoms with Gasteiger partial charge in [-0.1, -0.05) is 30.3 Å². The first-order valence-electron chi connectivity index (χ1n) is 5.74. The molecule has 0 bridgehead atoms. The Bertz CT molecular complexity index is 442. The summed E-state index contributed by atoms with van der Waals surface area (Å²) in [5.74, 6) is 1.86. The quantitative estimate of drug-likeness (QED) is 0.817. The van der Waals surface area contributed by atoms with Crippen molar-refractivity contribution in [2.24, 2.45) is 0 Å². The summed E-state index contributed by atoms with van der Waals surface area (Å²) in [6.45, 7) is 2.28. The van der Waals surface area contributed by atoms with E-state index in [4.69, 9.17) is 9.15 Å². The SMILES string of the molecule is COCCNCc1ccc(-c2ccccc2)o1.Cl. The lowest BCUT2D eigenvalue weighted by atomic mass is 10.2. The third-order valence-electron chi connectivity index (χ3n) is 2.50. The first-order valence-corrected chi connectivity index (χ1v) is 5.74. The van der Waals surface area contributed by atoms with Gasteiger partial charge in [-0.2, -0.15) is 0 Å². The molecule has 0 aliphatic heterocycles. The molecule has 2 aromatic rings. The molecule has 3 nitrogen and oxygen atoms in total. The van der Waals surface area contributed by atoms with Gasteiger partial charge in [0.1, 0.15) is 11.5 Å². The molecule has 0 aliphatic rings. The number of halogens is 1. The van der Waals surface area contributed by atoms with Crippen molar-refractivity contribution in [3.63, 3.8) is 0 Å². The molecule has 0 radical (unpaired) electrons. The van der Waals surface area contributed by atoms with Crippen LogP contribution in [-0.4, -0.2) is 20.3 Å². The van der Waals surface area contributed by atoms with Crippen LogP contribution in [0.15, 0.2) is 46.9 Å². The van der Waals surface area contributed by atoms with Crippen molar-refractivity contribution in [3.05, 3.63) is 48.2 Å². The van der Waals surface area contributed by atoms with Crippen molar-refractivity contribution >= 4 is 12.4 Å². The minimum Gasteiger partial charge on any atom is -0.460 e. The summed E-state index contributed by atoms with van der Waals surface area (Å²) in [4.78, 5) is 0. The van der Waals surface area contributed by atoms with Gasteiger partial charge in [-0.25, -0.2) is 0 Å². The van der Waals surface area contributed by atoms with Crippen LogP contribution in [0.3, 0.4) is 0 Å². The maximum Gasteiger partial charge on any atom is 0.134 e. The van der Waals surface area contributed by atoms with Gasteiger partial charge in [0, 0.05) is 19.2 Å². The second-order valence-electron chi connectivity index (χ2n) is 3.80. The maximum absolute atomic E-state index is 5.75. The lowest BCUT2D eigenvalue weighted by Crippen LogP contribution is -2.18. The molecule has 0 unspecified atom stereocenters. The van der Waals surface area contributed by atoms with E-state index >= 15 is 0 Å². The average Bonchev–Trinajstić information content (AvgIpc) is 2.85. The average molecular weight is 268 g/mol. The van der Waals surface area contributed by atoms with E-state index in [2.05, 4.69) is 5.32 Å². The fourth-order valence-electron chi connectivity index (χ4n) is 1.62. The summed E-state index contributed by atoms with van der Waals surface area (Å²) < 4.78 is 10.7. The second kappa shape index (κ2) is 7.93. The fourth-order valence-corrected chi connectivity index (χ4v) is 1.62. The summed E-state index contributed by atoms with van der Waals surface area (Å²) in [6.07, 6.45) is 0. The van der Waals surface area contributed by atoms with Gasteiger partial charge in [-0.3, -0.25) is 0 Å². The van der Waals surface area contributed by atoms with E-state index in [0.29, 0.717) is 6.61 Å². The molecule has 0 saturated carbocycles. The van der Waals surface area contributed by atoms with E-state index in [9.17, 15) is 0 Å². The van der Waals surface area contributed by atoms with Gasteiger partial charge < -0.3 is 14.5 Å². The van der Waals surface area contributed by atoms with E-state index in [0.717, 1.165) is 30.2 Å². The van der Waals surface area contributed by atoms with Crippen molar-refractivity contribution in [2.45, 2.75) is 6.54 Å². The third-order valence-corrected chi connectivity index (χ3v) is 2.50. The second-order valence-corrected chi connectivity index (χ2v) is 3.80. The number of ether oxygens (including phenoxy) is 1. The van der Waals surface area contributed by atoms with Gasteiger partial charge in [-0.15, -0.1) is 12.4 Å². The van der Waals surface area contributed by atoms with Gasteiger partial charge in [-0.05, 0) is 12.1 Å². The Morgan fingerprint density at radius 1 is 1.11 bits per heavy atom. The van der Waals surface area contributed by atoms with E-state index in [-0.39, 0.29) is 12.4 Å². The van der Waals surface area contributed by atoms with Gasteiger partial charge in [0.05, 0.1) is 13.2 Å². The highest BCUT2D eigenvalue weighted by molar-refractivity contribution is 5.85. The van der Waals surface area contributed by atoms with Crippen LogP contribution < -0.4 is 5.32 Å². The van der Waals surface area contributed by atoms with Crippen molar-refractivity contribution in [1.82, 2.24) is 5.32 Å². The zero-order valence-electron chi connectivity index (χ0n) is 10.4. The van der Waals surface area contributed by atoms with Crippen molar-refractivity contribution < 1.29 is 9.15 Å². The van der Waals surface area contributed by atoms with Crippen molar-refractivity contribution in [1.29, 1.82) is 0 Å². The molecule has 1 N–H and O–H groups in total. The van der Waals surface area contributed by atoms with Crippen molar-refractivity contribution in [3.8, 4) is 11.3 Å². The highest BCUT2D eigenvalue weighted by Gasteiger charge is 2.03. The molecule has 0 fully saturated rings. The number of hydrogen-bond acceptors (Lipinski definition) is 3. The Labute approximate surface area is 114 Å². The van der Waals surface area contributed by atoms with E-state index in [1.165, 1.54) is 0 Å². The minimum atomic E-state index is 0. The normalized spacial score (nSPS) is 10.1. The summed E-state index contributed by atoms with van der Waals surface area (Å²) >= 11 is 0. The lowest BCUT2D eigenvalue weighted by molar-refractivity contribution is 0.198. The first-order chi connectivity index (χ1) is 8.40. The molecule has 4 heteroatoms. The number of methoxy groups -OCH3 is 1. The Hall–Kier alpha value is -1.29. The lowest BCUT2D eigenvalue weighted by Gasteiger charge is -2.01. The number of hydrogen-bond donors (Lipinski definition) is 1. The number of rotatable bonds is 6. The summed E-state index contributed by atoms with van der Waals surface area (Å²) in [6, 6.07) is 14.1. The topological polar surface area (TPSA) is 34.4 Å². The molecule has 18 heavy (non-hydrogen) atoms. The molecule has 0 saturated heterocycles. The van der Waals surface area contributed by atoms with Gasteiger partial charge in [0.2, 0.25) is 0 Å². The smallest absolute Gasteiger partial charge is 0.134 e. The number of nitrogens with one attached hydrogen (secondary N) is 1. The summed E-state index contributed by atoms with van der Waals surface area (Å²) in [5.41, 5.74) is 1.11. The monoisotopic (exact) mass is 267 g/mol. The molecule has 0 spiro atoms. The number of benzene rings is 1. The van der Waals surface area contributed by atoms with Crippen molar-refractivity contribution in [2.75, 3.05) is 20.3 Å². The molecular weight excluding hydrogens is 250 g/mol. The standard InChI is InChI=1S/C14H17NO2.ClH/c1-16-10-9-15-11-13-7-8-14(17-13)12-5-3-2-4-6-12;/h2-8,15H,9-11H2,1H3;1H. The Morgan fingerprint density at radius 2 is 1.89 bits per heavy atom. The number of furan rings is 1. The molecule has 0 aliphatic carbocycles. The Balaban J connectivity index is 0.00000162. The molecule has 98 valence electrons. The van der Waals surface area contributed by atoms with Crippen LogP contribution >= 0.6 is 12.4 Å². The van der Waals surface area contributed by atoms with E-state index in [1.54, 1.807) is 7.11 Å². The predicted octanol–water partition coefficient (Wildman–Crippen LogP) is 3.10. The molecule has 0 atom stereocenters. The molecule has 1 heterocycles. The molecule has 1 aromatic heterocycles. The van der Waals surface area contributed by atoms with E-state index in [1.807, 2.05) is 42.5 Å². The van der Waals surface area contributed by atoms with E-state index < -0.39 is 0 Å². The first kappa shape index (κ1) is 14.8.